The standard InChI is InChI=1S/C15H23NO2S2/c1-10-15(20-9-8-19-10)14(16-2)13-11(17-3)6-5-7-12(13)18-4/h5-7,10,14-16H,8-9H2,1-4H3. The zero-order valence-corrected chi connectivity index (χ0v) is 14.1. The van der Waals surface area contributed by atoms with E-state index in [9.17, 15) is 0 Å². The van der Waals surface area contributed by atoms with Gasteiger partial charge in [0.1, 0.15) is 11.5 Å². The predicted octanol–water partition coefficient (Wildman–Crippen LogP) is 3.20. The fourth-order valence-electron chi connectivity index (χ4n) is 2.68. The molecule has 5 heteroatoms. The van der Waals surface area contributed by atoms with Gasteiger partial charge in [-0.2, -0.15) is 23.5 Å². The van der Waals surface area contributed by atoms with Crippen molar-refractivity contribution in [2.45, 2.75) is 23.5 Å². The Morgan fingerprint density at radius 2 is 1.75 bits per heavy atom. The summed E-state index contributed by atoms with van der Waals surface area (Å²) in [7, 11) is 5.46. The minimum atomic E-state index is 0.230. The minimum absolute atomic E-state index is 0.230. The molecule has 0 amide bonds. The summed E-state index contributed by atoms with van der Waals surface area (Å²) in [6.45, 7) is 2.31. The van der Waals surface area contributed by atoms with Crippen molar-refractivity contribution in [3.05, 3.63) is 23.8 Å². The van der Waals surface area contributed by atoms with Crippen molar-refractivity contribution in [2.75, 3.05) is 32.8 Å². The third kappa shape index (κ3) is 3.21. The molecule has 2 rings (SSSR count). The van der Waals surface area contributed by atoms with E-state index in [0.717, 1.165) is 17.1 Å². The van der Waals surface area contributed by atoms with E-state index >= 15 is 0 Å². The molecule has 1 fully saturated rings. The normalized spacial score (nSPS) is 24.2. The van der Waals surface area contributed by atoms with Crippen LogP contribution in [0.4, 0.5) is 0 Å². The Labute approximate surface area is 130 Å². The number of ether oxygens (including phenoxy) is 2. The molecule has 1 aromatic rings. The van der Waals surface area contributed by atoms with Gasteiger partial charge in [-0.15, -0.1) is 0 Å². The number of nitrogens with one attached hydrogen (secondary N) is 1. The van der Waals surface area contributed by atoms with Gasteiger partial charge in [-0.3, -0.25) is 0 Å². The van der Waals surface area contributed by atoms with Gasteiger partial charge in [-0.25, -0.2) is 0 Å². The van der Waals surface area contributed by atoms with Gasteiger partial charge in [0.15, 0.2) is 0 Å². The molecule has 1 aliphatic rings. The van der Waals surface area contributed by atoms with Crippen LogP contribution in [0.25, 0.3) is 0 Å². The molecule has 3 unspecified atom stereocenters. The molecule has 1 heterocycles. The van der Waals surface area contributed by atoms with Gasteiger partial charge in [0.25, 0.3) is 0 Å². The molecule has 0 aromatic heterocycles. The summed E-state index contributed by atoms with van der Waals surface area (Å²) in [6, 6.07) is 6.22. The number of thioether (sulfide) groups is 2. The van der Waals surface area contributed by atoms with Gasteiger partial charge >= 0.3 is 0 Å². The zero-order valence-electron chi connectivity index (χ0n) is 12.5. The van der Waals surface area contributed by atoms with E-state index in [0.29, 0.717) is 10.5 Å². The fraction of sp³-hybridized carbons (Fsp3) is 0.600. The van der Waals surface area contributed by atoms with Crippen molar-refractivity contribution < 1.29 is 9.47 Å². The molecule has 0 radical (unpaired) electrons. The molecule has 3 nitrogen and oxygen atoms in total. The monoisotopic (exact) mass is 313 g/mol. The molecular formula is C15H23NO2S2. The smallest absolute Gasteiger partial charge is 0.127 e. The summed E-state index contributed by atoms with van der Waals surface area (Å²) in [5, 5.41) is 4.60. The Bertz CT molecular complexity index is 420. The Morgan fingerprint density at radius 3 is 2.25 bits per heavy atom. The Kier molecular flexibility index (Phi) is 5.93. The first-order valence-electron chi connectivity index (χ1n) is 6.84. The summed E-state index contributed by atoms with van der Waals surface area (Å²) >= 11 is 4.09. The molecule has 0 bridgehead atoms. The summed E-state index contributed by atoms with van der Waals surface area (Å²) < 4.78 is 11.1. The average Bonchev–Trinajstić information content (AvgIpc) is 2.49. The Morgan fingerprint density at radius 1 is 1.15 bits per heavy atom. The number of methoxy groups -OCH3 is 2. The van der Waals surface area contributed by atoms with E-state index in [1.54, 1.807) is 14.2 Å². The average molecular weight is 313 g/mol. The summed E-state index contributed by atoms with van der Waals surface area (Å²) in [5.41, 5.74) is 1.13. The predicted molar refractivity (Wildman–Crippen MR) is 89.5 cm³/mol. The molecule has 3 atom stereocenters. The largest absolute Gasteiger partial charge is 0.496 e. The van der Waals surface area contributed by atoms with Crippen LogP contribution in [0.2, 0.25) is 0 Å². The summed E-state index contributed by atoms with van der Waals surface area (Å²) in [4.78, 5) is 0. The van der Waals surface area contributed by atoms with Gasteiger partial charge in [-0.1, -0.05) is 13.0 Å². The lowest BCUT2D eigenvalue weighted by molar-refractivity contribution is 0.371. The van der Waals surface area contributed by atoms with E-state index in [4.69, 9.17) is 9.47 Å². The second kappa shape index (κ2) is 7.48. The highest BCUT2D eigenvalue weighted by Crippen LogP contribution is 2.43. The van der Waals surface area contributed by atoms with Crippen LogP contribution in [-0.2, 0) is 0 Å². The number of rotatable bonds is 5. The zero-order chi connectivity index (χ0) is 14.5. The second-order valence-electron chi connectivity index (χ2n) is 4.75. The van der Waals surface area contributed by atoms with Crippen LogP contribution in [0.1, 0.15) is 18.5 Å². The van der Waals surface area contributed by atoms with Crippen LogP contribution < -0.4 is 14.8 Å². The highest BCUT2D eigenvalue weighted by atomic mass is 32.2. The fourth-order valence-corrected chi connectivity index (χ4v) is 5.64. The molecule has 1 aromatic carbocycles. The quantitative estimate of drug-likeness (QED) is 0.902. The molecule has 0 saturated carbocycles. The topological polar surface area (TPSA) is 30.5 Å². The Balaban J connectivity index is 2.39. The van der Waals surface area contributed by atoms with Gasteiger partial charge in [-0.05, 0) is 19.2 Å². The maximum Gasteiger partial charge on any atom is 0.127 e. The molecule has 0 aliphatic carbocycles. The molecule has 1 saturated heterocycles. The van der Waals surface area contributed by atoms with Crippen LogP contribution in [0.3, 0.4) is 0 Å². The van der Waals surface area contributed by atoms with Crippen LogP contribution in [-0.4, -0.2) is 43.3 Å². The molecule has 20 heavy (non-hydrogen) atoms. The molecular weight excluding hydrogens is 290 g/mol. The molecule has 112 valence electrons. The van der Waals surface area contributed by atoms with Gasteiger partial charge in [0.2, 0.25) is 0 Å². The number of hydrogen-bond acceptors (Lipinski definition) is 5. The van der Waals surface area contributed by atoms with Crippen LogP contribution in [0.5, 0.6) is 11.5 Å². The molecule has 1 aliphatic heterocycles. The lowest BCUT2D eigenvalue weighted by atomic mass is 9.99. The maximum absolute atomic E-state index is 5.56. The third-order valence-corrected chi connectivity index (χ3v) is 6.85. The van der Waals surface area contributed by atoms with Gasteiger partial charge in [0.05, 0.1) is 25.8 Å². The van der Waals surface area contributed by atoms with Crippen molar-refractivity contribution in [1.29, 1.82) is 0 Å². The SMILES string of the molecule is CNC(c1c(OC)cccc1OC)C1SCCSC1C. The maximum atomic E-state index is 5.56. The van der Waals surface area contributed by atoms with Crippen molar-refractivity contribution in [1.82, 2.24) is 5.32 Å². The van der Waals surface area contributed by atoms with Crippen LogP contribution >= 0.6 is 23.5 Å². The first-order chi connectivity index (χ1) is 9.72. The number of benzene rings is 1. The van der Waals surface area contributed by atoms with E-state index in [2.05, 4.69) is 12.2 Å². The Hall–Kier alpha value is -0.520. The van der Waals surface area contributed by atoms with Gasteiger partial charge in [0, 0.05) is 22.0 Å². The van der Waals surface area contributed by atoms with E-state index in [1.807, 2.05) is 48.8 Å². The summed E-state index contributed by atoms with van der Waals surface area (Å²) in [6.07, 6.45) is 0. The molecule has 1 N–H and O–H groups in total. The van der Waals surface area contributed by atoms with E-state index < -0.39 is 0 Å². The molecule has 0 spiro atoms. The highest BCUT2D eigenvalue weighted by Gasteiger charge is 2.33. The first kappa shape index (κ1) is 15.9. The van der Waals surface area contributed by atoms with Crippen molar-refractivity contribution >= 4 is 23.5 Å². The van der Waals surface area contributed by atoms with Crippen molar-refractivity contribution in [3.63, 3.8) is 0 Å². The number of hydrogen-bond donors (Lipinski definition) is 1. The van der Waals surface area contributed by atoms with Gasteiger partial charge < -0.3 is 14.8 Å². The minimum Gasteiger partial charge on any atom is -0.496 e. The third-order valence-electron chi connectivity index (χ3n) is 3.65. The first-order valence-corrected chi connectivity index (χ1v) is 8.94. The van der Waals surface area contributed by atoms with E-state index in [-0.39, 0.29) is 6.04 Å². The lowest BCUT2D eigenvalue weighted by Crippen LogP contribution is -2.36. The van der Waals surface area contributed by atoms with Crippen LogP contribution in [0, 0.1) is 0 Å². The van der Waals surface area contributed by atoms with Crippen LogP contribution in [0.15, 0.2) is 18.2 Å². The van der Waals surface area contributed by atoms with E-state index in [1.165, 1.54) is 11.5 Å². The summed E-state index contributed by atoms with van der Waals surface area (Å²) in [5.74, 6) is 4.23. The lowest BCUT2D eigenvalue weighted by Gasteiger charge is -2.35. The van der Waals surface area contributed by atoms with Crippen molar-refractivity contribution in [2.24, 2.45) is 0 Å². The second-order valence-corrected chi connectivity index (χ2v) is 7.52. The van der Waals surface area contributed by atoms with Crippen molar-refractivity contribution in [3.8, 4) is 11.5 Å². The highest BCUT2D eigenvalue weighted by molar-refractivity contribution is 8.07.